The molecule has 0 aromatic rings. The summed E-state index contributed by atoms with van der Waals surface area (Å²) in [6.45, 7) is 5.11. The van der Waals surface area contributed by atoms with Gasteiger partial charge < -0.3 is 20.9 Å². The van der Waals surface area contributed by atoms with Gasteiger partial charge in [0.15, 0.2) is 0 Å². The van der Waals surface area contributed by atoms with Crippen LogP contribution in [0, 0.1) is 28.6 Å². The zero-order valence-corrected chi connectivity index (χ0v) is 19.4. The molecule has 3 rings (SSSR count). The van der Waals surface area contributed by atoms with Crippen molar-refractivity contribution in [2.45, 2.75) is 83.2 Å². The number of alkyl halides is 3. The smallest absolute Gasteiger partial charge is 0.356 e. The summed E-state index contributed by atoms with van der Waals surface area (Å²) in [4.78, 5) is 51.5. The van der Waals surface area contributed by atoms with E-state index in [1.54, 1.807) is 0 Å². The molecule has 6 atom stereocenters. The lowest BCUT2D eigenvalue weighted by Gasteiger charge is -2.40. The van der Waals surface area contributed by atoms with Crippen LogP contribution >= 0.6 is 0 Å². The molecule has 1 aliphatic carbocycles. The van der Waals surface area contributed by atoms with Crippen LogP contribution in [0.4, 0.5) is 13.2 Å². The van der Waals surface area contributed by atoms with E-state index in [-0.39, 0.29) is 24.3 Å². The zero-order valence-electron chi connectivity index (χ0n) is 19.4. The number of fused-ring (bicyclic) bond motifs is 2. The van der Waals surface area contributed by atoms with Gasteiger partial charge in [0.05, 0.1) is 6.07 Å². The molecule has 3 aliphatic rings. The van der Waals surface area contributed by atoms with E-state index < -0.39 is 53.4 Å². The third-order valence-electron chi connectivity index (χ3n) is 6.91. The molecule has 34 heavy (non-hydrogen) atoms. The van der Waals surface area contributed by atoms with Gasteiger partial charge in [-0.2, -0.15) is 18.4 Å². The van der Waals surface area contributed by atoms with Gasteiger partial charge in [-0.05, 0) is 43.4 Å². The van der Waals surface area contributed by atoms with Crippen molar-refractivity contribution in [1.82, 2.24) is 20.9 Å². The molecule has 0 spiro atoms. The van der Waals surface area contributed by atoms with Crippen LogP contribution in [-0.4, -0.2) is 65.4 Å². The molecule has 2 bridgehead atoms. The van der Waals surface area contributed by atoms with Crippen LogP contribution in [-0.2, 0) is 19.2 Å². The van der Waals surface area contributed by atoms with E-state index >= 15 is 0 Å². The number of carbonyl (C=O) groups excluding carboxylic acids is 4. The Kier molecular flexibility index (Phi) is 7.15. The maximum absolute atomic E-state index is 13.5. The molecule has 1 unspecified atom stereocenters. The first-order chi connectivity index (χ1) is 15.7. The zero-order chi connectivity index (χ0) is 25.4. The third-order valence-corrected chi connectivity index (χ3v) is 6.91. The van der Waals surface area contributed by atoms with Crippen LogP contribution in [0.5, 0.6) is 0 Å². The number of nitriles is 1. The Hall–Kier alpha value is -2.84. The largest absolute Gasteiger partial charge is 0.471 e. The van der Waals surface area contributed by atoms with Crippen LogP contribution in [0.3, 0.4) is 0 Å². The summed E-state index contributed by atoms with van der Waals surface area (Å²) in [5.74, 6) is -4.31. The number of hydrogen-bond donors (Lipinski definition) is 3. The van der Waals surface area contributed by atoms with Gasteiger partial charge >= 0.3 is 12.1 Å². The summed E-state index contributed by atoms with van der Waals surface area (Å²) in [7, 11) is 0. The van der Waals surface area contributed by atoms with Crippen molar-refractivity contribution in [3.63, 3.8) is 0 Å². The lowest BCUT2D eigenvalue weighted by atomic mass is 9.84. The second-order valence-corrected chi connectivity index (χ2v) is 10.4. The van der Waals surface area contributed by atoms with Gasteiger partial charge in [0.1, 0.15) is 18.1 Å². The molecule has 188 valence electrons. The minimum atomic E-state index is -5.16. The van der Waals surface area contributed by atoms with Crippen LogP contribution in [0.1, 0.15) is 52.9 Å². The highest BCUT2D eigenvalue weighted by Crippen LogP contribution is 2.43. The van der Waals surface area contributed by atoms with E-state index in [2.05, 4.69) is 10.6 Å². The number of carbonyl (C=O) groups is 4. The van der Waals surface area contributed by atoms with Crippen molar-refractivity contribution in [1.29, 1.82) is 5.26 Å². The molecule has 1 saturated carbocycles. The predicted octanol–water partition coefficient (Wildman–Crippen LogP) is 0.994. The minimum absolute atomic E-state index is 0.134. The van der Waals surface area contributed by atoms with Crippen LogP contribution < -0.4 is 16.0 Å². The van der Waals surface area contributed by atoms with E-state index in [9.17, 15) is 37.6 Å². The highest BCUT2D eigenvalue weighted by Gasteiger charge is 2.54. The van der Waals surface area contributed by atoms with Gasteiger partial charge in [-0.1, -0.05) is 20.8 Å². The number of likely N-dealkylation sites (tertiary alicyclic amines) is 1. The fraction of sp³-hybridized carbons (Fsp3) is 0.773. The molecule has 2 saturated heterocycles. The maximum Gasteiger partial charge on any atom is 0.471 e. The average molecular weight is 486 g/mol. The molecule has 4 amide bonds. The average Bonchev–Trinajstić information content (AvgIpc) is 3.45. The Bertz CT molecular complexity index is 894. The summed E-state index contributed by atoms with van der Waals surface area (Å²) < 4.78 is 38.7. The number of nitrogens with one attached hydrogen (secondary N) is 3. The molecule has 0 aromatic heterocycles. The topological polar surface area (TPSA) is 131 Å². The Labute approximate surface area is 195 Å². The second-order valence-electron chi connectivity index (χ2n) is 10.4. The van der Waals surface area contributed by atoms with Crippen LogP contribution in [0.2, 0.25) is 0 Å². The molecule has 3 fully saturated rings. The first-order valence-electron chi connectivity index (χ1n) is 11.4. The lowest BCUT2D eigenvalue weighted by Crippen LogP contribution is -2.62. The fourth-order valence-corrected chi connectivity index (χ4v) is 5.21. The predicted molar refractivity (Wildman–Crippen MR) is 112 cm³/mol. The monoisotopic (exact) mass is 485 g/mol. The number of nitrogens with zero attached hydrogens (tertiary/aromatic N) is 2. The minimum Gasteiger partial charge on any atom is -0.356 e. The van der Waals surface area contributed by atoms with E-state index in [1.165, 1.54) is 25.7 Å². The quantitative estimate of drug-likeness (QED) is 0.517. The molecule has 2 heterocycles. The van der Waals surface area contributed by atoms with Crippen molar-refractivity contribution in [3.05, 3.63) is 0 Å². The number of amides is 4. The molecule has 2 aliphatic heterocycles. The number of halogens is 3. The van der Waals surface area contributed by atoms with Crippen molar-refractivity contribution >= 4 is 23.6 Å². The number of rotatable bonds is 6. The molecule has 0 radical (unpaired) electrons. The molecule has 12 heteroatoms. The summed E-state index contributed by atoms with van der Waals surface area (Å²) in [5.41, 5.74) is -1.05. The first kappa shape index (κ1) is 25.8. The molecule has 3 N–H and O–H groups in total. The lowest BCUT2D eigenvalue weighted by molar-refractivity contribution is -0.176. The first-order valence-corrected chi connectivity index (χ1v) is 11.4. The normalized spacial score (nSPS) is 28.1. The molecular formula is C22H30F3N5O4. The highest BCUT2D eigenvalue weighted by molar-refractivity contribution is 5.94. The van der Waals surface area contributed by atoms with E-state index in [1.807, 2.05) is 11.4 Å². The third kappa shape index (κ3) is 5.28. The van der Waals surface area contributed by atoms with Gasteiger partial charge in [0.25, 0.3) is 0 Å². The fourth-order valence-electron chi connectivity index (χ4n) is 5.21. The second kappa shape index (κ2) is 9.43. The SMILES string of the molecule is CC(C)(C)[C@H](NC(=O)C(F)(F)F)C(=O)N1[C@@H]2CC[C@@H](C2)[C@H]1C(=O)N[C@H](C#N)CC1CCNC1=O. The Morgan fingerprint density at radius 2 is 1.85 bits per heavy atom. The standard InChI is InChI=1S/C22H30F3N5O4/c1-21(2,3)16(29-20(34)22(23,24)25)19(33)30-14-5-4-11(9-14)15(30)18(32)28-13(10-26)8-12-6-7-27-17(12)31/h11-16H,4-9H2,1-3H3,(H,27,31)(H,28,32)(H,29,34)/t11-,12?,13-,14+,15-,16+/m0/s1. The van der Waals surface area contributed by atoms with E-state index in [4.69, 9.17) is 0 Å². The van der Waals surface area contributed by atoms with Crippen molar-refractivity contribution in [3.8, 4) is 6.07 Å². The van der Waals surface area contributed by atoms with Crippen molar-refractivity contribution < 1.29 is 32.3 Å². The van der Waals surface area contributed by atoms with Gasteiger partial charge in [-0.3, -0.25) is 19.2 Å². The number of piperidine rings is 1. The molecule has 9 nitrogen and oxygen atoms in total. The summed E-state index contributed by atoms with van der Waals surface area (Å²) in [6, 6.07) is -1.74. The Morgan fingerprint density at radius 1 is 1.18 bits per heavy atom. The van der Waals surface area contributed by atoms with Crippen LogP contribution in [0.15, 0.2) is 0 Å². The van der Waals surface area contributed by atoms with Gasteiger partial charge in [0, 0.05) is 18.5 Å². The van der Waals surface area contributed by atoms with E-state index in [0.717, 1.165) is 0 Å². The Balaban J connectivity index is 1.78. The van der Waals surface area contributed by atoms with Crippen molar-refractivity contribution in [2.24, 2.45) is 17.3 Å². The summed E-state index contributed by atoms with van der Waals surface area (Å²) in [5, 5.41) is 16.6. The molecular weight excluding hydrogens is 455 g/mol. The maximum atomic E-state index is 13.5. The van der Waals surface area contributed by atoms with Crippen molar-refractivity contribution in [2.75, 3.05) is 6.54 Å². The van der Waals surface area contributed by atoms with Gasteiger partial charge in [0.2, 0.25) is 17.7 Å². The summed E-state index contributed by atoms with van der Waals surface area (Å²) >= 11 is 0. The van der Waals surface area contributed by atoms with E-state index in [0.29, 0.717) is 32.2 Å². The molecule has 0 aromatic carbocycles. The number of hydrogen-bond acceptors (Lipinski definition) is 5. The van der Waals surface area contributed by atoms with Gasteiger partial charge in [-0.25, -0.2) is 0 Å². The van der Waals surface area contributed by atoms with Crippen LogP contribution in [0.25, 0.3) is 0 Å². The summed E-state index contributed by atoms with van der Waals surface area (Å²) in [6.07, 6.45) is -2.67. The highest BCUT2D eigenvalue weighted by atomic mass is 19.4. The Morgan fingerprint density at radius 3 is 2.38 bits per heavy atom. The van der Waals surface area contributed by atoms with Gasteiger partial charge in [-0.15, -0.1) is 0 Å².